The van der Waals surface area contributed by atoms with E-state index >= 15 is 0 Å². The molecule has 3 rings (SSSR count). The molecule has 2 heterocycles. The molecule has 0 N–H and O–H groups in total. The van der Waals surface area contributed by atoms with Gasteiger partial charge in [-0.15, -0.1) is 0 Å². The Hall–Kier alpha value is -2.15. The molecule has 1 aliphatic rings. The van der Waals surface area contributed by atoms with E-state index in [0.717, 1.165) is 18.4 Å². The Morgan fingerprint density at radius 2 is 2.08 bits per heavy atom. The molecule has 0 radical (unpaired) electrons. The van der Waals surface area contributed by atoms with Gasteiger partial charge in [-0.2, -0.15) is 0 Å². The van der Waals surface area contributed by atoms with Crippen LogP contribution >= 0.6 is 0 Å². The maximum atomic E-state index is 12.8. The minimum absolute atomic E-state index is 0.0660. The number of sulfone groups is 1. The number of hydrogen-bond acceptors (Lipinski definition) is 5. The summed E-state index contributed by atoms with van der Waals surface area (Å²) in [6.07, 6.45) is 3.95. The van der Waals surface area contributed by atoms with Gasteiger partial charge in [-0.1, -0.05) is 31.5 Å². The van der Waals surface area contributed by atoms with Crippen molar-refractivity contribution in [1.82, 2.24) is 9.88 Å². The third kappa shape index (κ3) is 4.52. The van der Waals surface area contributed by atoms with E-state index in [2.05, 4.69) is 11.9 Å². The van der Waals surface area contributed by atoms with Crippen molar-refractivity contribution in [2.45, 2.75) is 38.6 Å². The smallest absolute Gasteiger partial charge is 0.228 e. The number of aromatic nitrogens is 1. The summed E-state index contributed by atoms with van der Waals surface area (Å²) >= 11 is 0. The van der Waals surface area contributed by atoms with E-state index in [-0.39, 0.29) is 29.9 Å². The first-order chi connectivity index (χ1) is 12.5. The van der Waals surface area contributed by atoms with E-state index in [1.165, 1.54) is 6.26 Å². The summed E-state index contributed by atoms with van der Waals surface area (Å²) in [4.78, 5) is 18.9. The molecule has 0 aliphatic carbocycles. The molecule has 140 valence electrons. The van der Waals surface area contributed by atoms with Crippen LogP contribution in [-0.2, 0) is 21.1 Å². The molecule has 0 bridgehead atoms. The first kappa shape index (κ1) is 18.6. The molecule has 0 spiro atoms. The number of nitrogens with zero attached hydrogens (tertiary/aromatic N) is 2. The molecule has 1 aliphatic heterocycles. The third-order valence-corrected chi connectivity index (χ3v) is 6.38. The molecule has 6 nitrogen and oxygen atoms in total. The summed E-state index contributed by atoms with van der Waals surface area (Å²) in [5.74, 6) is 0.622. The van der Waals surface area contributed by atoms with Gasteiger partial charge in [0.15, 0.2) is 9.84 Å². The van der Waals surface area contributed by atoms with Crippen molar-refractivity contribution < 1.29 is 17.6 Å². The summed E-state index contributed by atoms with van der Waals surface area (Å²) in [6, 6.07) is 9.29. The number of hydrogen-bond donors (Lipinski definition) is 0. The van der Waals surface area contributed by atoms with Crippen molar-refractivity contribution >= 4 is 15.7 Å². The van der Waals surface area contributed by atoms with Crippen molar-refractivity contribution in [2.75, 3.05) is 18.1 Å². The monoisotopic (exact) mass is 376 g/mol. The fraction of sp³-hybridized carbons (Fsp3) is 0.474. The summed E-state index contributed by atoms with van der Waals surface area (Å²) < 4.78 is 29.1. The van der Waals surface area contributed by atoms with Crippen LogP contribution in [0.2, 0.25) is 0 Å². The Morgan fingerprint density at radius 1 is 1.31 bits per heavy atom. The average molecular weight is 376 g/mol. The van der Waals surface area contributed by atoms with Gasteiger partial charge in [-0.05, 0) is 25.0 Å². The fourth-order valence-electron chi connectivity index (χ4n) is 3.22. The van der Waals surface area contributed by atoms with E-state index in [0.29, 0.717) is 24.6 Å². The van der Waals surface area contributed by atoms with Crippen molar-refractivity contribution in [1.29, 1.82) is 0 Å². The van der Waals surface area contributed by atoms with Gasteiger partial charge in [0.1, 0.15) is 6.26 Å². The quantitative estimate of drug-likeness (QED) is 0.742. The zero-order chi connectivity index (χ0) is 18.6. The molecular formula is C19H24N2O4S. The van der Waals surface area contributed by atoms with Crippen LogP contribution in [0, 0.1) is 0 Å². The molecule has 1 fully saturated rings. The van der Waals surface area contributed by atoms with Crippen molar-refractivity contribution in [3.8, 4) is 11.5 Å². The maximum absolute atomic E-state index is 12.8. The molecule has 1 aromatic heterocycles. The van der Waals surface area contributed by atoms with E-state index in [1.807, 2.05) is 30.3 Å². The Bertz CT molecular complexity index is 845. The van der Waals surface area contributed by atoms with Gasteiger partial charge >= 0.3 is 0 Å². The lowest BCUT2D eigenvalue weighted by atomic mass is 10.1. The second-order valence-corrected chi connectivity index (χ2v) is 8.91. The van der Waals surface area contributed by atoms with Crippen LogP contribution in [0.5, 0.6) is 0 Å². The summed E-state index contributed by atoms with van der Waals surface area (Å²) in [5, 5.41) is 0. The molecule has 1 aromatic carbocycles. The van der Waals surface area contributed by atoms with E-state index in [1.54, 1.807) is 4.90 Å². The Labute approximate surface area is 154 Å². The Balaban J connectivity index is 1.70. The highest BCUT2D eigenvalue weighted by molar-refractivity contribution is 7.91. The van der Waals surface area contributed by atoms with Gasteiger partial charge in [0.05, 0.1) is 23.6 Å². The molecule has 1 atom stereocenters. The number of oxazole rings is 1. The standard InChI is InChI=1S/C19H24N2O4S/c1-2-3-10-21(17-9-11-26(23,24)14-17)18(22)12-16-13-25-19(20-16)15-7-5-4-6-8-15/h4-8,13,17H,2-3,9-12,14H2,1H3. The van der Waals surface area contributed by atoms with E-state index in [4.69, 9.17) is 4.42 Å². The zero-order valence-electron chi connectivity index (χ0n) is 14.9. The Kier molecular flexibility index (Phi) is 5.76. The second-order valence-electron chi connectivity index (χ2n) is 6.68. The lowest BCUT2D eigenvalue weighted by molar-refractivity contribution is -0.132. The molecule has 1 saturated heterocycles. The van der Waals surface area contributed by atoms with Crippen molar-refractivity contribution in [3.05, 3.63) is 42.3 Å². The zero-order valence-corrected chi connectivity index (χ0v) is 15.7. The Morgan fingerprint density at radius 3 is 2.73 bits per heavy atom. The van der Waals surface area contributed by atoms with Gasteiger partial charge in [0.2, 0.25) is 11.8 Å². The third-order valence-electron chi connectivity index (χ3n) is 4.63. The van der Waals surface area contributed by atoms with Gasteiger partial charge in [0.25, 0.3) is 0 Å². The van der Waals surface area contributed by atoms with Gasteiger partial charge in [-0.25, -0.2) is 13.4 Å². The SMILES string of the molecule is CCCCN(C(=O)Cc1coc(-c2ccccc2)n1)C1CCS(=O)(=O)C1. The molecular weight excluding hydrogens is 352 g/mol. The first-order valence-electron chi connectivity index (χ1n) is 8.98. The lowest BCUT2D eigenvalue weighted by Gasteiger charge is -2.28. The fourth-order valence-corrected chi connectivity index (χ4v) is 4.95. The number of amides is 1. The predicted molar refractivity (Wildman–Crippen MR) is 99.3 cm³/mol. The predicted octanol–water partition coefficient (Wildman–Crippen LogP) is 2.70. The highest BCUT2D eigenvalue weighted by Crippen LogP contribution is 2.21. The summed E-state index contributed by atoms with van der Waals surface area (Å²) in [5.41, 5.74) is 1.42. The van der Waals surface area contributed by atoms with Crippen LogP contribution in [0.1, 0.15) is 31.9 Å². The van der Waals surface area contributed by atoms with Crippen LogP contribution in [0.4, 0.5) is 0 Å². The minimum atomic E-state index is -3.03. The van der Waals surface area contributed by atoms with Crippen molar-refractivity contribution in [2.24, 2.45) is 0 Å². The topological polar surface area (TPSA) is 80.5 Å². The van der Waals surface area contributed by atoms with Crippen LogP contribution in [-0.4, -0.2) is 48.3 Å². The largest absolute Gasteiger partial charge is 0.444 e. The van der Waals surface area contributed by atoms with Crippen LogP contribution in [0.3, 0.4) is 0 Å². The highest BCUT2D eigenvalue weighted by Gasteiger charge is 2.34. The second kappa shape index (κ2) is 8.03. The highest BCUT2D eigenvalue weighted by atomic mass is 32.2. The van der Waals surface area contributed by atoms with Crippen LogP contribution in [0.25, 0.3) is 11.5 Å². The number of carbonyl (C=O) groups is 1. The number of unbranched alkanes of at least 4 members (excludes halogenated alkanes) is 1. The van der Waals surface area contributed by atoms with Crippen LogP contribution in [0.15, 0.2) is 41.0 Å². The number of rotatable bonds is 7. The lowest BCUT2D eigenvalue weighted by Crippen LogP contribution is -2.42. The first-order valence-corrected chi connectivity index (χ1v) is 10.8. The normalized spacial score (nSPS) is 18.7. The molecule has 7 heteroatoms. The van der Waals surface area contributed by atoms with E-state index < -0.39 is 9.84 Å². The molecule has 1 amide bonds. The number of benzene rings is 1. The minimum Gasteiger partial charge on any atom is -0.444 e. The maximum Gasteiger partial charge on any atom is 0.228 e. The average Bonchev–Trinajstić information content (AvgIpc) is 3.22. The summed E-state index contributed by atoms with van der Waals surface area (Å²) in [6.45, 7) is 2.64. The molecule has 26 heavy (non-hydrogen) atoms. The molecule has 0 saturated carbocycles. The molecule has 1 unspecified atom stereocenters. The van der Waals surface area contributed by atoms with Gasteiger partial charge in [0, 0.05) is 18.2 Å². The number of carbonyl (C=O) groups excluding carboxylic acids is 1. The summed E-state index contributed by atoms with van der Waals surface area (Å²) in [7, 11) is -3.03. The van der Waals surface area contributed by atoms with Gasteiger partial charge in [-0.3, -0.25) is 4.79 Å². The van der Waals surface area contributed by atoms with Crippen molar-refractivity contribution in [3.63, 3.8) is 0 Å². The molecule has 2 aromatic rings. The van der Waals surface area contributed by atoms with E-state index in [9.17, 15) is 13.2 Å². The van der Waals surface area contributed by atoms with Gasteiger partial charge < -0.3 is 9.32 Å². The van der Waals surface area contributed by atoms with Crippen LogP contribution < -0.4 is 0 Å².